The van der Waals surface area contributed by atoms with E-state index in [1.807, 2.05) is 28.9 Å². The third-order valence-electron chi connectivity index (χ3n) is 4.04. The highest BCUT2D eigenvalue weighted by Crippen LogP contribution is 2.23. The van der Waals surface area contributed by atoms with Crippen molar-refractivity contribution >= 4 is 11.5 Å². The van der Waals surface area contributed by atoms with Gasteiger partial charge in [-0.1, -0.05) is 30.3 Å². The van der Waals surface area contributed by atoms with E-state index in [0.29, 0.717) is 13.0 Å². The molecule has 6 nitrogen and oxygen atoms in total. The second-order valence-corrected chi connectivity index (χ2v) is 5.70. The van der Waals surface area contributed by atoms with Crippen molar-refractivity contribution in [3.8, 4) is 11.1 Å². The molecule has 3 aromatic rings. The summed E-state index contributed by atoms with van der Waals surface area (Å²) in [5.74, 6) is 1.67. The fourth-order valence-corrected chi connectivity index (χ4v) is 2.87. The first-order valence-corrected chi connectivity index (χ1v) is 8.07. The van der Waals surface area contributed by atoms with Crippen molar-refractivity contribution in [3.05, 3.63) is 54.0 Å². The van der Waals surface area contributed by atoms with E-state index in [0.717, 1.165) is 47.1 Å². The predicted molar refractivity (Wildman–Crippen MR) is 93.4 cm³/mol. The molecule has 1 aliphatic heterocycles. The number of fused-ring (bicyclic) bond motifs is 1. The molecule has 6 heteroatoms. The number of benzene rings is 1. The van der Waals surface area contributed by atoms with Crippen LogP contribution in [-0.2, 0) is 11.2 Å². The lowest BCUT2D eigenvalue weighted by Gasteiger charge is -2.08. The first-order valence-electron chi connectivity index (χ1n) is 8.07. The fourth-order valence-electron chi connectivity index (χ4n) is 2.87. The highest BCUT2D eigenvalue weighted by atomic mass is 16.5. The lowest BCUT2D eigenvalue weighted by molar-refractivity contribution is 0.200. The zero-order chi connectivity index (χ0) is 16.4. The normalized spacial score (nSPS) is 14.0. The minimum absolute atomic E-state index is 0.608. The van der Waals surface area contributed by atoms with Gasteiger partial charge in [-0.25, -0.2) is 9.50 Å². The highest BCUT2D eigenvalue weighted by Gasteiger charge is 2.17. The minimum Gasteiger partial charge on any atom is -0.384 e. The second-order valence-electron chi connectivity index (χ2n) is 5.70. The number of methoxy groups -OCH3 is 1. The van der Waals surface area contributed by atoms with Gasteiger partial charge >= 0.3 is 0 Å². The Balaban J connectivity index is 1.86. The molecule has 1 N–H and O–H groups in total. The van der Waals surface area contributed by atoms with Crippen LogP contribution in [0.5, 0.6) is 0 Å². The third kappa shape index (κ3) is 2.76. The maximum absolute atomic E-state index is 5.14. The number of nitrogens with zero attached hydrogens (tertiary/aromatic N) is 4. The molecule has 0 radical (unpaired) electrons. The summed E-state index contributed by atoms with van der Waals surface area (Å²) in [6.45, 7) is 2.26. The third-order valence-corrected chi connectivity index (χ3v) is 4.04. The predicted octanol–water partition coefficient (Wildman–Crippen LogP) is 1.93. The number of aromatic nitrogens is 3. The number of rotatable bonds is 5. The number of amidine groups is 1. The van der Waals surface area contributed by atoms with Gasteiger partial charge < -0.3 is 10.1 Å². The zero-order valence-corrected chi connectivity index (χ0v) is 13.6. The van der Waals surface area contributed by atoms with Gasteiger partial charge in [-0.3, -0.25) is 4.99 Å². The quantitative estimate of drug-likeness (QED) is 0.780. The smallest absolute Gasteiger partial charge is 0.166 e. The van der Waals surface area contributed by atoms with Crippen molar-refractivity contribution in [2.45, 2.75) is 6.42 Å². The molecule has 0 saturated heterocycles. The summed E-state index contributed by atoms with van der Waals surface area (Å²) in [6.07, 6.45) is 2.71. The van der Waals surface area contributed by atoms with E-state index < -0.39 is 0 Å². The Labute approximate surface area is 140 Å². The molecule has 0 aliphatic carbocycles. The summed E-state index contributed by atoms with van der Waals surface area (Å²) in [5.41, 5.74) is 4.06. The van der Waals surface area contributed by atoms with Crippen LogP contribution in [0.4, 0.5) is 0 Å². The van der Waals surface area contributed by atoms with Gasteiger partial charge in [0.2, 0.25) is 0 Å². The van der Waals surface area contributed by atoms with Crippen molar-refractivity contribution in [2.75, 3.05) is 26.8 Å². The number of hydrogen-bond donors (Lipinski definition) is 1. The molecule has 122 valence electrons. The van der Waals surface area contributed by atoms with Crippen molar-refractivity contribution in [1.29, 1.82) is 0 Å². The van der Waals surface area contributed by atoms with Crippen LogP contribution in [0, 0.1) is 0 Å². The van der Waals surface area contributed by atoms with Crippen LogP contribution < -0.4 is 5.32 Å². The van der Waals surface area contributed by atoms with Crippen LogP contribution in [0.15, 0.2) is 47.6 Å². The molecule has 4 rings (SSSR count). The molecule has 24 heavy (non-hydrogen) atoms. The summed E-state index contributed by atoms with van der Waals surface area (Å²) in [7, 11) is 1.69. The SMILES string of the molecule is COCCc1nc2c(C3=NCCN3)cc(-c3ccccc3)cn2n1. The first kappa shape index (κ1) is 14.8. The van der Waals surface area contributed by atoms with E-state index >= 15 is 0 Å². The molecular formula is C18H19N5O. The van der Waals surface area contributed by atoms with Gasteiger partial charge in [0, 0.05) is 31.8 Å². The van der Waals surface area contributed by atoms with Crippen LogP contribution >= 0.6 is 0 Å². The van der Waals surface area contributed by atoms with Crippen molar-refractivity contribution in [1.82, 2.24) is 19.9 Å². The molecule has 0 unspecified atom stereocenters. The summed E-state index contributed by atoms with van der Waals surface area (Å²) in [6, 6.07) is 12.4. The van der Waals surface area contributed by atoms with Gasteiger partial charge in [-0.2, -0.15) is 5.10 Å². The molecule has 1 aliphatic rings. The molecule has 0 saturated carbocycles. The Kier molecular flexibility index (Phi) is 3.96. The molecule has 3 heterocycles. The maximum Gasteiger partial charge on any atom is 0.166 e. The lowest BCUT2D eigenvalue weighted by atomic mass is 10.1. The summed E-state index contributed by atoms with van der Waals surface area (Å²) >= 11 is 0. The van der Waals surface area contributed by atoms with Crippen molar-refractivity contribution in [2.24, 2.45) is 4.99 Å². The van der Waals surface area contributed by atoms with Crippen molar-refractivity contribution < 1.29 is 4.74 Å². The molecule has 2 aromatic heterocycles. The molecular weight excluding hydrogens is 302 g/mol. The Morgan fingerprint density at radius 2 is 2.08 bits per heavy atom. The molecule has 0 bridgehead atoms. The number of pyridine rings is 1. The molecule has 0 spiro atoms. The Hall–Kier alpha value is -2.73. The van der Waals surface area contributed by atoms with Gasteiger partial charge in [0.25, 0.3) is 0 Å². The molecule has 1 aromatic carbocycles. The van der Waals surface area contributed by atoms with Gasteiger partial charge in [0.15, 0.2) is 11.5 Å². The Morgan fingerprint density at radius 1 is 1.21 bits per heavy atom. The molecule has 0 atom stereocenters. The molecule has 0 fully saturated rings. The second kappa shape index (κ2) is 6.41. The number of nitrogens with one attached hydrogen (secondary N) is 1. The van der Waals surface area contributed by atoms with Crippen molar-refractivity contribution in [3.63, 3.8) is 0 Å². The fraction of sp³-hybridized carbons (Fsp3) is 0.278. The van der Waals surface area contributed by atoms with E-state index in [1.165, 1.54) is 0 Å². The number of ether oxygens (including phenoxy) is 1. The van der Waals surface area contributed by atoms with E-state index in [2.05, 4.69) is 38.6 Å². The van der Waals surface area contributed by atoms with E-state index in [9.17, 15) is 0 Å². The highest BCUT2D eigenvalue weighted by molar-refractivity contribution is 6.05. The van der Waals surface area contributed by atoms with E-state index in [-0.39, 0.29) is 0 Å². The summed E-state index contributed by atoms with van der Waals surface area (Å²) < 4.78 is 6.99. The maximum atomic E-state index is 5.14. The number of hydrogen-bond acceptors (Lipinski definition) is 5. The van der Waals surface area contributed by atoms with Gasteiger partial charge in [0.1, 0.15) is 5.84 Å². The van der Waals surface area contributed by atoms with Crippen LogP contribution in [0.25, 0.3) is 16.8 Å². The lowest BCUT2D eigenvalue weighted by Crippen LogP contribution is -2.20. The van der Waals surface area contributed by atoms with Crippen LogP contribution in [0.1, 0.15) is 11.4 Å². The topological polar surface area (TPSA) is 63.8 Å². The monoisotopic (exact) mass is 321 g/mol. The number of aliphatic imine (C=N–C) groups is 1. The van der Waals surface area contributed by atoms with Crippen LogP contribution in [0.2, 0.25) is 0 Å². The van der Waals surface area contributed by atoms with Gasteiger partial charge in [-0.05, 0) is 11.6 Å². The summed E-state index contributed by atoms with van der Waals surface area (Å²) in [5, 5.41) is 7.95. The van der Waals surface area contributed by atoms with Crippen LogP contribution in [-0.4, -0.2) is 47.2 Å². The Morgan fingerprint density at radius 3 is 2.83 bits per heavy atom. The zero-order valence-electron chi connectivity index (χ0n) is 13.6. The average molecular weight is 321 g/mol. The molecule has 0 amide bonds. The Bertz CT molecular complexity index is 885. The largest absolute Gasteiger partial charge is 0.384 e. The average Bonchev–Trinajstić information content (AvgIpc) is 3.29. The van der Waals surface area contributed by atoms with E-state index in [1.54, 1.807) is 7.11 Å². The first-order chi connectivity index (χ1) is 11.8. The summed E-state index contributed by atoms with van der Waals surface area (Å²) in [4.78, 5) is 9.24. The van der Waals surface area contributed by atoms with Crippen LogP contribution in [0.3, 0.4) is 0 Å². The standard InChI is InChI=1S/C18H19N5O/c1-24-10-7-16-21-18-15(17-19-8-9-20-17)11-14(12-23(18)22-16)13-5-3-2-4-6-13/h2-6,11-12H,7-10H2,1H3,(H,19,20). The van der Waals surface area contributed by atoms with Gasteiger partial charge in [0.05, 0.1) is 18.7 Å². The minimum atomic E-state index is 0.608. The van der Waals surface area contributed by atoms with Gasteiger partial charge in [-0.15, -0.1) is 0 Å². The van der Waals surface area contributed by atoms with E-state index in [4.69, 9.17) is 4.74 Å².